The van der Waals surface area contributed by atoms with Gasteiger partial charge in [0.1, 0.15) is 0 Å². The fraction of sp³-hybridized carbons (Fsp3) is 0.647. The summed E-state index contributed by atoms with van der Waals surface area (Å²) in [5.74, 6) is 0.529. The highest BCUT2D eigenvalue weighted by Crippen LogP contribution is 2.35. The number of aliphatic hydroxyl groups excluding tert-OH is 1. The van der Waals surface area contributed by atoms with E-state index in [4.69, 9.17) is 9.47 Å². The second-order valence-electron chi connectivity index (χ2n) is 6.19. The van der Waals surface area contributed by atoms with Gasteiger partial charge < -0.3 is 19.5 Å². The van der Waals surface area contributed by atoms with E-state index in [0.29, 0.717) is 25.7 Å². The Bertz CT molecular complexity index is 459. The largest absolute Gasteiger partial charge is 0.389 e. The minimum absolute atomic E-state index is 0.227. The molecule has 0 radical (unpaired) electrons. The molecule has 0 bridgehead atoms. The van der Waals surface area contributed by atoms with Gasteiger partial charge in [-0.15, -0.1) is 0 Å². The molecule has 0 saturated carbocycles. The summed E-state index contributed by atoms with van der Waals surface area (Å²) in [5.41, 5.74) is 2.63. The van der Waals surface area contributed by atoms with E-state index in [1.807, 2.05) is 0 Å². The molecule has 1 saturated heterocycles. The molecule has 0 spiro atoms. The molecule has 0 aliphatic carbocycles. The maximum absolute atomic E-state index is 10.2. The van der Waals surface area contributed by atoms with Crippen molar-refractivity contribution in [3.8, 4) is 0 Å². The Kier molecular flexibility index (Phi) is 4.78. The molecule has 3 rings (SSSR count). The summed E-state index contributed by atoms with van der Waals surface area (Å²) >= 11 is 0. The highest BCUT2D eigenvalue weighted by molar-refractivity contribution is 5.59. The summed E-state index contributed by atoms with van der Waals surface area (Å²) in [4.78, 5) is 2.26. The molecule has 116 valence electrons. The van der Waals surface area contributed by atoms with Crippen molar-refractivity contribution >= 4 is 5.69 Å². The molecule has 2 heterocycles. The van der Waals surface area contributed by atoms with Crippen LogP contribution < -0.4 is 4.90 Å². The van der Waals surface area contributed by atoms with E-state index in [1.165, 1.54) is 11.3 Å². The Morgan fingerprint density at radius 2 is 2.29 bits per heavy atom. The lowest BCUT2D eigenvalue weighted by Gasteiger charge is -2.23. The average molecular weight is 291 g/mol. The van der Waals surface area contributed by atoms with Crippen LogP contribution in [0.15, 0.2) is 24.3 Å². The van der Waals surface area contributed by atoms with Gasteiger partial charge in [-0.25, -0.2) is 0 Å². The van der Waals surface area contributed by atoms with E-state index in [1.54, 1.807) is 0 Å². The number of ether oxygens (including phenoxy) is 2. The zero-order valence-corrected chi connectivity index (χ0v) is 12.7. The molecule has 0 unspecified atom stereocenters. The van der Waals surface area contributed by atoms with Gasteiger partial charge in [0.05, 0.1) is 25.4 Å². The first-order chi connectivity index (χ1) is 10.2. The molecule has 4 heteroatoms. The van der Waals surface area contributed by atoms with Crippen LogP contribution in [0.2, 0.25) is 0 Å². The number of hydrogen-bond acceptors (Lipinski definition) is 4. The maximum Gasteiger partial charge on any atom is 0.0948 e. The fourth-order valence-corrected chi connectivity index (χ4v) is 3.31. The smallest absolute Gasteiger partial charge is 0.0948 e. The minimum Gasteiger partial charge on any atom is -0.389 e. The zero-order valence-electron chi connectivity index (χ0n) is 12.7. The minimum atomic E-state index is -0.454. The lowest BCUT2D eigenvalue weighted by molar-refractivity contribution is -0.0149. The number of benzene rings is 1. The van der Waals surface area contributed by atoms with Gasteiger partial charge in [0.2, 0.25) is 0 Å². The number of hydrogen-bond donors (Lipinski definition) is 1. The molecule has 2 aliphatic heterocycles. The number of para-hydroxylation sites is 1. The van der Waals surface area contributed by atoms with Gasteiger partial charge >= 0.3 is 0 Å². The van der Waals surface area contributed by atoms with Crippen molar-refractivity contribution in [3.05, 3.63) is 29.8 Å². The summed E-state index contributed by atoms with van der Waals surface area (Å²) in [6.07, 6.45) is 1.97. The maximum atomic E-state index is 10.2. The van der Waals surface area contributed by atoms with E-state index >= 15 is 0 Å². The number of rotatable bonds is 6. The van der Waals surface area contributed by atoms with Gasteiger partial charge in [0, 0.05) is 31.3 Å². The highest BCUT2D eigenvalue weighted by atomic mass is 16.5. The second kappa shape index (κ2) is 6.77. The second-order valence-corrected chi connectivity index (χ2v) is 6.19. The molecule has 21 heavy (non-hydrogen) atoms. The molecule has 2 aliphatic rings. The van der Waals surface area contributed by atoms with Crippen LogP contribution in [-0.2, 0) is 9.47 Å². The summed E-state index contributed by atoms with van der Waals surface area (Å²) in [6, 6.07) is 8.46. The Labute approximate surface area is 126 Å². The highest BCUT2D eigenvalue weighted by Gasteiger charge is 2.26. The van der Waals surface area contributed by atoms with Crippen molar-refractivity contribution < 1.29 is 14.6 Å². The van der Waals surface area contributed by atoms with Crippen molar-refractivity contribution in [2.45, 2.75) is 37.9 Å². The van der Waals surface area contributed by atoms with Crippen LogP contribution in [-0.4, -0.2) is 50.2 Å². The van der Waals surface area contributed by atoms with Gasteiger partial charge in [-0.1, -0.05) is 25.1 Å². The quantitative estimate of drug-likeness (QED) is 0.872. The van der Waals surface area contributed by atoms with E-state index in [2.05, 4.69) is 36.1 Å². The summed E-state index contributed by atoms with van der Waals surface area (Å²) < 4.78 is 11.1. The van der Waals surface area contributed by atoms with E-state index in [-0.39, 0.29) is 6.10 Å². The monoisotopic (exact) mass is 291 g/mol. The first-order valence-electron chi connectivity index (χ1n) is 7.95. The normalized spacial score (nSPS) is 26.1. The molecule has 4 nitrogen and oxygen atoms in total. The van der Waals surface area contributed by atoms with Crippen LogP contribution in [0.4, 0.5) is 5.69 Å². The van der Waals surface area contributed by atoms with Crippen LogP contribution in [0.5, 0.6) is 0 Å². The Hall–Kier alpha value is -1.10. The molecular formula is C17H25NO3. The molecule has 1 fully saturated rings. The Morgan fingerprint density at radius 3 is 3.10 bits per heavy atom. The van der Waals surface area contributed by atoms with E-state index in [0.717, 1.165) is 26.0 Å². The Balaban J connectivity index is 1.46. The van der Waals surface area contributed by atoms with Crippen LogP contribution in [0, 0.1) is 0 Å². The number of anilines is 1. The average Bonchev–Trinajstić information content (AvgIpc) is 3.09. The molecule has 1 aromatic rings. The standard InChI is InChI=1S/C17H25NO3/c1-13-9-18(17-7-3-2-6-16(13)17)10-14(19)11-20-12-15-5-4-8-21-15/h2-3,6-7,13-15,19H,4-5,8-12H2,1H3/t13-,14+,15+/m1/s1. The van der Waals surface area contributed by atoms with E-state index in [9.17, 15) is 5.11 Å². The topological polar surface area (TPSA) is 41.9 Å². The SMILES string of the molecule is C[C@@H]1CN(C[C@H](O)COC[C@@H]2CCCO2)c2ccccc21. The molecule has 1 aromatic carbocycles. The Morgan fingerprint density at radius 1 is 1.43 bits per heavy atom. The number of β-amino-alcohol motifs (C(OH)–C–C–N with tert-alkyl or cyclic N) is 1. The third-order valence-electron chi connectivity index (χ3n) is 4.37. The van der Waals surface area contributed by atoms with Crippen molar-refractivity contribution in [2.24, 2.45) is 0 Å². The van der Waals surface area contributed by atoms with Gasteiger partial charge in [-0.3, -0.25) is 0 Å². The molecule has 0 amide bonds. The third kappa shape index (κ3) is 3.57. The first-order valence-corrected chi connectivity index (χ1v) is 7.95. The predicted molar refractivity (Wildman–Crippen MR) is 82.9 cm³/mol. The predicted octanol–water partition coefficient (Wildman–Crippen LogP) is 2.17. The zero-order chi connectivity index (χ0) is 14.7. The number of aliphatic hydroxyl groups is 1. The summed E-state index contributed by atoms with van der Waals surface area (Å²) in [5, 5.41) is 10.2. The van der Waals surface area contributed by atoms with Crippen molar-refractivity contribution in [1.82, 2.24) is 0 Å². The van der Waals surface area contributed by atoms with Crippen molar-refractivity contribution in [1.29, 1.82) is 0 Å². The third-order valence-corrected chi connectivity index (χ3v) is 4.37. The summed E-state index contributed by atoms with van der Waals surface area (Å²) in [6.45, 7) is 5.67. The van der Waals surface area contributed by atoms with Gasteiger partial charge in [0.15, 0.2) is 0 Å². The molecule has 0 aromatic heterocycles. The van der Waals surface area contributed by atoms with Gasteiger partial charge in [0.25, 0.3) is 0 Å². The van der Waals surface area contributed by atoms with E-state index < -0.39 is 6.10 Å². The van der Waals surface area contributed by atoms with Crippen LogP contribution in [0.3, 0.4) is 0 Å². The molecule has 3 atom stereocenters. The molecular weight excluding hydrogens is 266 g/mol. The lowest BCUT2D eigenvalue weighted by Crippen LogP contribution is -2.34. The fourth-order valence-electron chi connectivity index (χ4n) is 3.31. The number of fused-ring (bicyclic) bond motifs is 1. The van der Waals surface area contributed by atoms with Gasteiger partial charge in [-0.2, -0.15) is 0 Å². The first kappa shape index (κ1) is 14.8. The number of nitrogens with zero attached hydrogens (tertiary/aromatic N) is 1. The lowest BCUT2D eigenvalue weighted by atomic mass is 10.0. The van der Waals surface area contributed by atoms with Crippen molar-refractivity contribution in [3.63, 3.8) is 0 Å². The summed E-state index contributed by atoms with van der Waals surface area (Å²) in [7, 11) is 0. The van der Waals surface area contributed by atoms with Crippen LogP contribution in [0.25, 0.3) is 0 Å². The molecule has 1 N–H and O–H groups in total. The van der Waals surface area contributed by atoms with Crippen LogP contribution in [0.1, 0.15) is 31.2 Å². The van der Waals surface area contributed by atoms with Gasteiger partial charge in [-0.05, 0) is 24.5 Å². The van der Waals surface area contributed by atoms with Crippen LogP contribution >= 0.6 is 0 Å². The van der Waals surface area contributed by atoms with Crippen molar-refractivity contribution in [2.75, 3.05) is 37.8 Å².